The zero-order valence-electron chi connectivity index (χ0n) is 10.0. The first-order valence-electron chi connectivity index (χ1n) is 5.59. The predicted octanol–water partition coefficient (Wildman–Crippen LogP) is 4.27. The van der Waals surface area contributed by atoms with E-state index in [1.807, 2.05) is 6.92 Å². The number of halogens is 3. The lowest BCUT2D eigenvalue weighted by Crippen LogP contribution is -2.25. The van der Waals surface area contributed by atoms with Gasteiger partial charge in [-0.3, -0.25) is 4.99 Å². The number of thioether (sulfide) groups is 1. The molecule has 0 aliphatic carbocycles. The molecule has 2 nitrogen and oxygen atoms in total. The van der Waals surface area contributed by atoms with E-state index >= 15 is 0 Å². The van der Waals surface area contributed by atoms with Crippen LogP contribution in [0.3, 0.4) is 0 Å². The van der Waals surface area contributed by atoms with Crippen molar-refractivity contribution in [1.82, 2.24) is 0 Å². The molecule has 0 bridgehead atoms. The molecule has 98 valence electrons. The van der Waals surface area contributed by atoms with Gasteiger partial charge < -0.3 is 5.32 Å². The molecule has 2 unspecified atom stereocenters. The van der Waals surface area contributed by atoms with E-state index in [1.165, 1.54) is 11.8 Å². The zero-order valence-corrected chi connectivity index (χ0v) is 12.4. The SMILES string of the molecule is CC1CSC(Nc2cc(F)c(Br)cc2F)=NC1C. The number of benzene rings is 1. The normalized spacial score (nSPS) is 23.7. The predicted molar refractivity (Wildman–Crippen MR) is 76.2 cm³/mol. The highest BCUT2D eigenvalue weighted by atomic mass is 79.9. The summed E-state index contributed by atoms with van der Waals surface area (Å²) in [5.41, 5.74) is 0.115. The lowest BCUT2D eigenvalue weighted by Gasteiger charge is -2.23. The first kappa shape index (κ1) is 13.8. The summed E-state index contributed by atoms with van der Waals surface area (Å²) in [6.45, 7) is 4.14. The Morgan fingerprint density at radius 2 is 2.06 bits per heavy atom. The van der Waals surface area contributed by atoms with Crippen molar-refractivity contribution in [3.63, 3.8) is 0 Å². The molecule has 0 aromatic heterocycles. The minimum absolute atomic E-state index is 0.115. The molecule has 1 aromatic carbocycles. The fraction of sp³-hybridized carbons (Fsp3) is 0.417. The molecule has 0 amide bonds. The molecule has 2 rings (SSSR count). The van der Waals surface area contributed by atoms with Crippen LogP contribution in [0, 0.1) is 17.6 Å². The van der Waals surface area contributed by atoms with Gasteiger partial charge in [0.2, 0.25) is 0 Å². The summed E-state index contributed by atoms with van der Waals surface area (Å²) in [6.07, 6.45) is 0. The second-order valence-electron chi connectivity index (χ2n) is 4.33. The summed E-state index contributed by atoms with van der Waals surface area (Å²) in [5.74, 6) is 0.416. The second kappa shape index (κ2) is 5.57. The van der Waals surface area contributed by atoms with Crippen LogP contribution in [0.2, 0.25) is 0 Å². The van der Waals surface area contributed by atoms with Crippen LogP contribution in [0.4, 0.5) is 14.5 Å². The van der Waals surface area contributed by atoms with Crippen molar-refractivity contribution in [2.75, 3.05) is 11.1 Å². The van der Waals surface area contributed by atoms with Gasteiger partial charge in [-0.1, -0.05) is 18.7 Å². The molecule has 1 aliphatic heterocycles. The lowest BCUT2D eigenvalue weighted by atomic mass is 10.1. The molecule has 6 heteroatoms. The van der Waals surface area contributed by atoms with Crippen molar-refractivity contribution in [1.29, 1.82) is 0 Å². The van der Waals surface area contributed by atoms with Gasteiger partial charge in [-0.25, -0.2) is 8.78 Å². The van der Waals surface area contributed by atoms with Gasteiger partial charge in [-0.2, -0.15) is 0 Å². The Morgan fingerprint density at radius 3 is 2.72 bits per heavy atom. The molecule has 1 aliphatic rings. The maximum Gasteiger partial charge on any atom is 0.161 e. The fourth-order valence-corrected chi connectivity index (χ4v) is 2.94. The maximum absolute atomic E-state index is 13.6. The van der Waals surface area contributed by atoms with Gasteiger partial charge in [0.05, 0.1) is 16.2 Å². The van der Waals surface area contributed by atoms with Gasteiger partial charge in [0, 0.05) is 11.8 Å². The van der Waals surface area contributed by atoms with Gasteiger partial charge in [0.1, 0.15) is 11.6 Å². The smallest absolute Gasteiger partial charge is 0.161 e. The number of anilines is 1. The van der Waals surface area contributed by atoms with Crippen molar-refractivity contribution in [3.8, 4) is 0 Å². The Morgan fingerprint density at radius 1 is 1.33 bits per heavy atom. The molecule has 0 spiro atoms. The van der Waals surface area contributed by atoms with E-state index in [0.717, 1.165) is 17.9 Å². The highest BCUT2D eigenvalue weighted by Gasteiger charge is 2.20. The van der Waals surface area contributed by atoms with Crippen molar-refractivity contribution in [2.24, 2.45) is 10.9 Å². The third-order valence-corrected chi connectivity index (χ3v) is 4.66. The first-order chi connectivity index (χ1) is 8.47. The van der Waals surface area contributed by atoms with E-state index in [9.17, 15) is 8.78 Å². The van der Waals surface area contributed by atoms with Crippen LogP contribution in [0.1, 0.15) is 13.8 Å². The average molecular weight is 335 g/mol. The number of nitrogens with one attached hydrogen (secondary N) is 1. The van der Waals surface area contributed by atoms with Gasteiger partial charge in [-0.05, 0) is 34.8 Å². The third kappa shape index (κ3) is 3.03. The average Bonchev–Trinajstić information content (AvgIpc) is 2.31. The molecular formula is C12H13BrF2N2S. The molecule has 2 atom stereocenters. The highest BCUT2D eigenvalue weighted by molar-refractivity contribution is 9.10. The standard InChI is InChI=1S/C12H13BrF2N2S/c1-6-5-18-12(16-7(6)2)17-11-4-9(14)8(13)3-10(11)15/h3-4,6-7H,5H2,1-2H3,(H,16,17). The molecule has 0 saturated heterocycles. The maximum atomic E-state index is 13.6. The van der Waals surface area contributed by atoms with Gasteiger partial charge in [0.15, 0.2) is 5.17 Å². The summed E-state index contributed by atoms with van der Waals surface area (Å²) in [6, 6.07) is 2.43. The van der Waals surface area contributed by atoms with Crippen molar-refractivity contribution < 1.29 is 8.78 Å². The van der Waals surface area contributed by atoms with Crippen LogP contribution in [0.25, 0.3) is 0 Å². The summed E-state index contributed by atoms with van der Waals surface area (Å²) in [5, 5.41) is 3.49. The minimum atomic E-state index is -0.502. The zero-order chi connectivity index (χ0) is 13.3. The van der Waals surface area contributed by atoms with E-state index in [2.05, 4.69) is 33.2 Å². The van der Waals surface area contributed by atoms with Gasteiger partial charge in [0.25, 0.3) is 0 Å². The Kier molecular flexibility index (Phi) is 4.27. The number of rotatable bonds is 1. The number of aliphatic imine (C=N–C) groups is 1. The second-order valence-corrected chi connectivity index (χ2v) is 6.20. The van der Waals surface area contributed by atoms with E-state index < -0.39 is 11.6 Å². The molecule has 0 fully saturated rings. The molecule has 0 saturated carbocycles. The molecule has 1 aromatic rings. The van der Waals surface area contributed by atoms with E-state index in [1.54, 1.807) is 0 Å². The Bertz CT molecular complexity index is 493. The summed E-state index contributed by atoms with van der Waals surface area (Å²) in [7, 11) is 0. The number of hydrogen-bond acceptors (Lipinski definition) is 3. The molecular weight excluding hydrogens is 322 g/mol. The quantitative estimate of drug-likeness (QED) is 0.775. The van der Waals surface area contributed by atoms with Crippen LogP contribution >= 0.6 is 27.7 Å². The van der Waals surface area contributed by atoms with Crippen LogP contribution < -0.4 is 5.32 Å². The monoisotopic (exact) mass is 334 g/mol. The van der Waals surface area contributed by atoms with Crippen LogP contribution in [-0.2, 0) is 0 Å². The van der Waals surface area contributed by atoms with Crippen LogP contribution in [0.15, 0.2) is 21.6 Å². The van der Waals surface area contributed by atoms with Crippen molar-refractivity contribution in [3.05, 3.63) is 28.2 Å². The first-order valence-corrected chi connectivity index (χ1v) is 7.37. The highest BCUT2D eigenvalue weighted by Crippen LogP contribution is 2.27. The van der Waals surface area contributed by atoms with Crippen molar-refractivity contribution in [2.45, 2.75) is 19.9 Å². The molecule has 1 heterocycles. The van der Waals surface area contributed by atoms with Crippen molar-refractivity contribution >= 4 is 38.5 Å². The number of amidine groups is 1. The lowest BCUT2D eigenvalue weighted by molar-refractivity contribution is 0.537. The number of nitrogens with zero attached hydrogens (tertiary/aromatic N) is 1. The van der Waals surface area contributed by atoms with Crippen LogP contribution in [-0.4, -0.2) is 17.0 Å². The summed E-state index contributed by atoms with van der Waals surface area (Å²) >= 11 is 4.47. The Hall–Kier alpha value is -0.620. The largest absolute Gasteiger partial charge is 0.332 e. The van der Waals surface area contributed by atoms with E-state index in [4.69, 9.17) is 0 Å². The Balaban J connectivity index is 2.20. The van der Waals surface area contributed by atoms with E-state index in [-0.39, 0.29) is 16.2 Å². The van der Waals surface area contributed by atoms with E-state index in [0.29, 0.717) is 11.1 Å². The summed E-state index contributed by atoms with van der Waals surface area (Å²) in [4.78, 5) is 4.42. The molecule has 18 heavy (non-hydrogen) atoms. The minimum Gasteiger partial charge on any atom is -0.332 e. The topological polar surface area (TPSA) is 24.4 Å². The Labute approximate surface area is 117 Å². The molecule has 0 radical (unpaired) electrons. The van der Waals surface area contributed by atoms with Gasteiger partial charge >= 0.3 is 0 Å². The summed E-state index contributed by atoms with van der Waals surface area (Å²) < 4.78 is 27.1. The fourth-order valence-electron chi connectivity index (χ4n) is 1.50. The number of hydrogen-bond donors (Lipinski definition) is 1. The third-order valence-electron chi connectivity index (χ3n) is 2.88. The van der Waals surface area contributed by atoms with Crippen LogP contribution in [0.5, 0.6) is 0 Å². The van der Waals surface area contributed by atoms with Gasteiger partial charge in [-0.15, -0.1) is 0 Å². The molecule has 1 N–H and O–H groups in total.